The summed E-state index contributed by atoms with van der Waals surface area (Å²) in [7, 11) is 3.25. The Balaban J connectivity index is 2.06. The molecule has 2 rings (SSSR count). The highest BCUT2D eigenvalue weighted by Crippen LogP contribution is 2.23. The summed E-state index contributed by atoms with van der Waals surface area (Å²) in [4.78, 5) is 15.9. The molecule has 7 nitrogen and oxygen atoms in total. The van der Waals surface area contributed by atoms with Crippen molar-refractivity contribution in [1.82, 2.24) is 20.1 Å². The number of halogens is 2. The number of nitrogens with one attached hydrogen (secondary N) is 1. The van der Waals surface area contributed by atoms with Crippen LogP contribution < -0.4 is 14.8 Å². The van der Waals surface area contributed by atoms with Gasteiger partial charge in [0.2, 0.25) is 0 Å². The number of hydrogen-bond donors (Lipinski definition) is 1. The van der Waals surface area contributed by atoms with Crippen LogP contribution in [0.5, 0.6) is 11.5 Å². The summed E-state index contributed by atoms with van der Waals surface area (Å²) in [6.07, 6.45) is 2.75. The molecule has 0 aliphatic rings. The van der Waals surface area contributed by atoms with Crippen LogP contribution in [0.4, 0.5) is 8.78 Å². The van der Waals surface area contributed by atoms with E-state index >= 15 is 0 Å². The van der Waals surface area contributed by atoms with E-state index in [1.165, 1.54) is 19.2 Å². The average molecular weight is 326 g/mol. The summed E-state index contributed by atoms with van der Waals surface area (Å²) in [5.74, 6) is -0.0289. The third kappa shape index (κ3) is 4.15. The van der Waals surface area contributed by atoms with E-state index in [-0.39, 0.29) is 11.4 Å². The van der Waals surface area contributed by atoms with Crippen LogP contribution in [0, 0.1) is 0 Å². The molecule has 0 bridgehead atoms. The van der Waals surface area contributed by atoms with Crippen molar-refractivity contribution in [3.05, 3.63) is 35.9 Å². The van der Waals surface area contributed by atoms with Crippen LogP contribution in [0.2, 0.25) is 0 Å². The topological polar surface area (TPSA) is 78.3 Å². The van der Waals surface area contributed by atoms with E-state index in [1.54, 1.807) is 24.9 Å². The van der Waals surface area contributed by atoms with Gasteiger partial charge in [0.1, 0.15) is 17.1 Å². The molecule has 1 amide bonds. The number of carbonyl (C=O) groups is 1. The second-order valence-corrected chi connectivity index (χ2v) is 4.71. The molecule has 23 heavy (non-hydrogen) atoms. The summed E-state index contributed by atoms with van der Waals surface area (Å²) < 4.78 is 35.1. The Morgan fingerprint density at radius 3 is 2.70 bits per heavy atom. The normalized spacial score (nSPS) is 12.1. The Morgan fingerprint density at radius 1 is 1.39 bits per heavy atom. The summed E-state index contributed by atoms with van der Waals surface area (Å²) in [5.41, 5.74) is 0.648. The van der Waals surface area contributed by atoms with Crippen LogP contribution in [-0.2, 0) is 7.05 Å². The number of ether oxygens (including phenoxy) is 2. The molecule has 0 aliphatic carbocycles. The minimum Gasteiger partial charge on any atom is -0.493 e. The minimum absolute atomic E-state index is 0.0772. The maximum atomic E-state index is 12.1. The van der Waals surface area contributed by atoms with Gasteiger partial charge in [-0.05, 0) is 19.1 Å². The molecule has 0 radical (unpaired) electrons. The van der Waals surface area contributed by atoms with Gasteiger partial charge in [0.15, 0.2) is 5.75 Å². The smallest absolute Gasteiger partial charge is 0.387 e. The highest BCUT2D eigenvalue weighted by atomic mass is 19.3. The maximum absolute atomic E-state index is 12.1. The van der Waals surface area contributed by atoms with Crippen molar-refractivity contribution in [2.24, 2.45) is 7.05 Å². The molecule has 0 saturated heterocycles. The van der Waals surface area contributed by atoms with E-state index < -0.39 is 18.6 Å². The SMILES string of the molecule is COc1cn(C)nc1C(C)NC(=O)c1ccc(OC(F)F)cn1. The summed E-state index contributed by atoms with van der Waals surface area (Å²) in [6, 6.07) is 2.13. The van der Waals surface area contributed by atoms with Gasteiger partial charge >= 0.3 is 6.61 Å². The Labute approximate surface area is 131 Å². The van der Waals surface area contributed by atoms with Crippen LogP contribution >= 0.6 is 0 Å². The molecule has 0 aliphatic heterocycles. The van der Waals surface area contributed by atoms with Gasteiger partial charge < -0.3 is 14.8 Å². The third-order valence-electron chi connectivity index (χ3n) is 2.99. The van der Waals surface area contributed by atoms with Gasteiger partial charge in [0.05, 0.1) is 25.5 Å². The van der Waals surface area contributed by atoms with Crippen molar-refractivity contribution in [2.75, 3.05) is 7.11 Å². The average Bonchev–Trinajstić information content (AvgIpc) is 2.88. The van der Waals surface area contributed by atoms with Gasteiger partial charge in [-0.1, -0.05) is 0 Å². The van der Waals surface area contributed by atoms with E-state index in [4.69, 9.17) is 4.74 Å². The lowest BCUT2D eigenvalue weighted by Crippen LogP contribution is -2.28. The van der Waals surface area contributed by atoms with Crippen LogP contribution in [0.1, 0.15) is 29.1 Å². The Bertz CT molecular complexity index is 673. The van der Waals surface area contributed by atoms with Crippen LogP contribution in [0.25, 0.3) is 0 Å². The van der Waals surface area contributed by atoms with Crippen molar-refractivity contribution in [1.29, 1.82) is 0 Å². The minimum atomic E-state index is -2.94. The molecule has 1 N–H and O–H groups in total. The molecule has 2 aromatic rings. The molecule has 2 heterocycles. The molecular formula is C14H16F2N4O3. The number of methoxy groups -OCH3 is 1. The van der Waals surface area contributed by atoms with Crippen molar-refractivity contribution in [3.8, 4) is 11.5 Å². The summed E-state index contributed by atoms with van der Waals surface area (Å²) >= 11 is 0. The third-order valence-corrected chi connectivity index (χ3v) is 2.99. The number of rotatable bonds is 6. The fourth-order valence-electron chi connectivity index (χ4n) is 1.97. The first-order valence-corrected chi connectivity index (χ1v) is 6.70. The number of carbonyl (C=O) groups excluding carboxylic acids is 1. The second kappa shape index (κ2) is 7.03. The van der Waals surface area contributed by atoms with E-state index in [2.05, 4.69) is 20.1 Å². The van der Waals surface area contributed by atoms with Crippen LogP contribution in [0.15, 0.2) is 24.5 Å². The fourth-order valence-corrected chi connectivity index (χ4v) is 1.97. The van der Waals surface area contributed by atoms with E-state index in [0.29, 0.717) is 11.4 Å². The van der Waals surface area contributed by atoms with Gasteiger partial charge in [0, 0.05) is 7.05 Å². The van der Waals surface area contributed by atoms with E-state index in [9.17, 15) is 13.6 Å². The monoisotopic (exact) mass is 326 g/mol. The molecule has 0 spiro atoms. The zero-order chi connectivity index (χ0) is 17.0. The first kappa shape index (κ1) is 16.7. The summed E-state index contributed by atoms with van der Waals surface area (Å²) in [6.45, 7) is -1.19. The van der Waals surface area contributed by atoms with Gasteiger partial charge in [-0.2, -0.15) is 13.9 Å². The molecule has 2 aromatic heterocycles. The predicted molar refractivity (Wildman–Crippen MR) is 76.5 cm³/mol. The van der Waals surface area contributed by atoms with Crippen molar-refractivity contribution in [3.63, 3.8) is 0 Å². The number of pyridine rings is 1. The zero-order valence-electron chi connectivity index (χ0n) is 12.8. The van der Waals surface area contributed by atoms with Crippen molar-refractivity contribution in [2.45, 2.75) is 19.6 Å². The highest BCUT2D eigenvalue weighted by Gasteiger charge is 2.19. The van der Waals surface area contributed by atoms with Crippen molar-refractivity contribution < 1.29 is 23.0 Å². The molecular weight excluding hydrogens is 310 g/mol. The molecule has 0 aromatic carbocycles. The van der Waals surface area contributed by atoms with E-state index in [0.717, 1.165) is 6.20 Å². The zero-order valence-corrected chi connectivity index (χ0v) is 12.8. The lowest BCUT2D eigenvalue weighted by atomic mass is 10.2. The fraction of sp³-hybridized carbons (Fsp3) is 0.357. The van der Waals surface area contributed by atoms with Gasteiger partial charge in [-0.3, -0.25) is 9.48 Å². The number of amides is 1. The first-order valence-electron chi connectivity index (χ1n) is 6.70. The first-order chi connectivity index (χ1) is 10.9. The molecule has 0 saturated carbocycles. The molecule has 1 unspecified atom stereocenters. The van der Waals surface area contributed by atoms with E-state index in [1.807, 2.05) is 0 Å². The van der Waals surface area contributed by atoms with Crippen LogP contribution in [-0.4, -0.2) is 34.4 Å². The number of nitrogens with zero attached hydrogens (tertiary/aromatic N) is 3. The Hall–Kier alpha value is -2.71. The van der Waals surface area contributed by atoms with Gasteiger partial charge in [0.25, 0.3) is 5.91 Å². The highest BCUT2D eigenvalue weighted by molar-refractivity contribution is 5.92. The molecule has 1 atom stereocenters. The maximum Gasteiger partial charge on any atom is 0.387 e. The molecule has 0 fully saturated rings. The van der Waals surface area contributed by atoms with Gasteiger partial charge in [-0.15, -0.1) is 0 Å². The molecule has 124 valence electrons. The number of aromatic nitrogens is 3. The lowest BCUT2D eigenvalue weighted by molar-refractivity contribution is -0.0500. The summed E-state index contributed by atoms with van der Waals surface area (Å²) in [5, 5.41) is 6.94. The van der Waals surface area contributed by atoms with Gasteiger partial charge in [-0.25, -0.2) is 4.98 Å². The number of alkyl halides is 2. The largest absolute Gasteiger partial charge is 0.493 e. The van der Waals surface area contributed by atoms with Crippen molar-refractivity contribution >= 4 is 5.91 Å². The predicted octanol–water partition coefficient (Wildman–Crippen LogP) is 1.92. The quantitative estimate of drug-likeness (QED) is 0.877. The lowest BCUT2D eigenvalue weighted by Gasteiger charge is -2.13. The standard InChI is InChI=1S/C14H16F2N4O3/c1-8(12-11(22-3)7-20(2)19-12)18-13(21)10-5-4-9(6-17-10)23-14(15)16/h4-8,14H,1-3H3,(H,18,21). The molecule has 9 heteroatoms. The number of aryl methyl sites for hydroxylation is 1. The number of hydrogen-bond acceptors (Lipinski definition) is 5. The Kier molecular flexibility index (Phi) is 5.09. The Morgan fingerprint density at radius 2 is 2.13 bits per heavy atom. The van der Waals surface area contributed by atoms with Crippen LogP contribution in [0.3, 0.4) is 0 Å². The second-order valence-electron chi connectivity index (χ2n) is 4.71.